The molecule has 0 bridgehead atoms. The Kier molecular flexibility index (Phi) is 9.54. The first-order valence-electron chi connectivity index (χ1n) is 24.9. The number of fused-ring (bicyclic) bond motifs is 11. The van der Waals surface area contributed by atoms with Crippen LogP contribution in [0, 0.1) is 0 Å². The third-order valence-corrected chi connectivity index (χ3v) is 15.0. The minimum Gasteiger partial charge on any atom is -0.458 e. The molecule has 0 fully saturated rings. The molecule has 0 spiro atoms. The highest BCUT2D eigenvalue weighted by Gasteiger charge is 2.42. The largest absolute Gasteiger partial charge is 0.458 e. The average Bonchev–Trinajstić information content (AvgIpc) is 3.87. The van der Waals surface area contributed by atoms with Gasteiger partial charge in [0.15, 0.2) is 5.58 Å². The van der Waals surface area contributed by atoms with Crippen molar-refractivity contribution < 1.29 is 13.9 Å². The van der Waals surface area contributed by atoms with Gasteiger partial charge in [0, 0.05) is 44.8 Å². The van der Waals surface area contributed by atoms with E-state index in [1.165, 1.54) is 33.0 Å². The van der Waals surface area contributed by atoms with Gasteiger partial charge in [0.05, 0.1) is 22.1 Å². The third kappa shape index (κ3) is 6.96. The summed E-state index contributed by atoms with van der Waals surface area (Å²) >= 11 is 0. The molecule has 10 aromatic rings. The lowest BCUT2D eigenvalue weighted by Crippen LogP contribution is -2.57. The second kappa shape index (κ2) is 15.2. The van der Waals surface area contributed by atoms with Gasteiger partial charge in [0.25, 0.3) is 6.71 Å². The maximum Gasteiger partial charge on any atom is 0.260 e. The van der Waals surface area contributed by atoms with Gasteiger partial charge in [-0.05, 0) is 134 Å². The third-order valence-electron chi connectivity index (χ3n) is 15.0. The molecule has 2 aliphatic rings. The molecule has 0 unspecified atom stereocenters. The molecule has 0 atom stereocenters. The highest BCUT2D eigenvalue weighted by atomic mass is 16.5. The van der Waals surface area contributed by atoms with Gasteiger partial charge in [0.2, 0.25) is 0 Å². The van der Waals surface area contributed by atoms with Gasteiger partial charge in [-0.25, -0.2) is 0 Å². The monoisotopic (exact) mass is 916 g/mol. The molecule has 2 aliphatic heterocycles. The van der Waals surface area contributed by atoms with E-state index in [1.54, 1.807) is 0 Å². The van der Waals surface area contributed by atoms with E-state index in [0.29, 0.717) is 0 Å². The Morgan fingerprint density at radius 3 is 1.50 bits per heavy atom. The molecule has 8 aromatic carbocycles. The number of aromatic nitrogens is 1. The van der Waals surface area contributed by atoms with E-state index in [2.05, 4.69) is 238 Å². The van der Waals surface area contributed by atoms with E-state index in [-0.39, 0.29) is 28.4 Å². The number of benzene rings is 8. The molecule has 12 rings (SSSR count). The lowest BCUT2D eigenvalue weighted by Gasteiger charge is -2.34. The summed E-state index contributed by atoms with van der Waals surface area (Å²) in [4.78, 5) is 2.35. The van der Waals surface area contributed by atoms with Gasteiger partial charge in [-0.15, -0.1) is 0 Å². The fourth-order valence-electron chi connectivity index (χ4n) is 10.9. The Morgan fingerprint density at radius 1 is 0.429 bits per heavy atom. The van der Waals surface area contributed by atoms with Crippen LogP contribution in [0.25, 0.3) is 49.4 Å². The van der Waals surface area contributed by atoms with Crippen molar-refractivity contribution in [2.75, 3.05) is 4.90 Å². The minimum atomic E-state index is -0.191. The lowest BCUT2D eigenvalue weighted by atomic mass is 9.34. The summed E-state index contributed by atoms with van der Waals surface area (Å²) in [5.74, 6) is 3.24. The fraction of sp³-hybridized carbons (Fsp3) is 0.250. The van der Waals surface area contributed by atoms with Crippen LogP contribution in [-0.2, 0) is 21.7 Å². The van der Waals surface area contributed by atoms with E-state index in [1.807, 2.05) is 6.07 Å². The number of nitrogens with zero attached hydrogens (tertiary/aromatic N) is 2. The van der Waals surface area contributed by atoms with Gasteiger partial charge >= 0.3 is 0 Å². The van der Waals surface area contributed by atoms with Gasteiger partial charge in [0.1, 0.15) is 28.6 Å². The van der Waals surface area contributed by atoms with Crippen molar-refractivity contribution in [1.29, 1.82) is 0 Å². The minimum absolute atomic E-state index is 0.0222. The molecule has 0 radical (unpaired) electrons. The van der Waals surface area contributed by atoms with Crippen LogP contribution in [0.15, 0.2) is 156 Å². The molecule has 0 aliphatic carbocycles. The zero-order valence-electron chi connectivity index (χ0n) is 42.6. The van der Waals surface area contributed by atoms with Gasteiger partial charge < -0.3 is 23.4 Å². The Balaban J connectivity index is 1.10. The molecule has 70 heavy (non-hydrogen) atoms. The number of anilines is 3. The summed E-state index contributed by atoms with van der Waals surface area (Å²) in [6.45, 7) is 27.2. The van der Waals surface area contributed by atoms with Crippen molar-refractivity contribution in [1.82, 2.24) is 4.57 Å². The molecule has 6 heteroatoms. The van der Waals surface area contributed by atoms with E-state index < -0.39 is 0 Å². The van der Waals surface area contributed by atoms with Crippen LogP contribution >= 0.6 is 0 Å². The second-order valence-corrected chi connectivity index (χ2v) is 23.9. The van der Waals surface area contributed by atoms with Gasteiger partial charge in [-0.3, -0.25) is 0 Å². The summed E-state index contributed by atoms with van der Waals surface area (Å²) in [7, 11) is 0. The van der Waals surface area contributed by atoms with Crippen LogP contribution in [0.4, 0.5) is 17.1 Å². The van der Waals surface area contributed by atoms with Crippen LogP contribution < -0.4 is 30.8 Å². The van der Waals surface area contributed by atoms with E-state index in [0.717, 1.165) is 95.1 Å². The van der Waals surface area contributed by atoms with E-state index >= 15 is 0 Å². The van der Waals surface area contributed by atoms with Crippen molar-refractivity contribution in [3.05, 3.63) is 174 Å². The molecule has 0 N–H and O–H groups in total. The van der Waals surface area contributed by atoms with E-state index in [4.69, 9.17) is 13.9 Å². The highest BCUT2D eigenvalue weighted by Crippen LogP contribution is 2.47. The van der Waals surface area contributed by atoms with Gasteiger partial charge in [-0.1, -0.05) is 150 Å². The topological polar surface area (TPSA) is 39.8 Å². The van der Waals surface area contributed by atoms with Crippen LogP contribution in [0.2, 0.25) is 0 Å². The molecule has 0 amide bonds. The molecule has 0 saturated carbocycles. The fourth-order valence-corrected chi connectivity index (χ4v) is 10.9. The molecule has 4 heterocycles. The van der Waals surface area contributed by atoms with Crippen molar-refractivity contribution in [2.45, 2.75) is 105 Å². The predicted octanol–water partition coefficient (Wildman–Crippen LogP) is 16.1. The van der Waals surface area contributed by atoms with Crippen LogP contribution in [0.1, 0.15) is 105 Å². The van der Waals surface area contributed by atoms with Crippen LogP contribution in [0.5, 0.6) is 23.0 Å². The maximum absolute atomic E-state index is 7.16. The first kappa shape index (κ1) is 44.1. The SMILES string of the molecule is CC(C)(C)c1ccc(N(c2ccc(C(C)(C)C)cc2)c2ccc3c(c2)Oc2cccc4c2B3c2cc(-n3c5ccc(C(C)(C)C)cc5c5cc(C(C)(C)C)ccc53)c3oc5ccccc5c3c2O4)cc1. The Hall–Kier alpha value is -7.18. The molecular formula is C64H61BN2O3. The number of rotatable bonds is 4. The highest BCUT2D eigenvalue weighted by molar-refractivity contribution is 6.98. The van der Waals surface area contributed by atoms with Crippen molar-refractivity contribution in [2.24, 2.45) is 0 Å². The van der Waals surface area contributed by atoms with Crippen molar-refractivity contribution in [3.8, 4) is 28.7 Å². The Morgan fingerprint density at radius 2 is 0.943 bits per heavy atom. The average molecular weight is 917 g/mol. The molecule has 0 saturated heterocycles. The zero-order valence-corrected chi connectivity index (χ0v) is 42.6. The summed E-state index contributed by atoms with van der Waals surface area (Å²) in [6, 6.07) is 55.8. The summed E-state index contributed by atoms with van der Waals surface area (Å²) in [5.41, 5.74) is 16.5. The number of para-hydroxylation sites is 1. The summed E-state index contributed by atoms with van der Waals surface area (Å²) in [5, 5.41) is 4.46. The van der Waals surface area contributed by atoms with Crippen LogP contribution in [0.3, 0.4) is 0 Å². The van der Waals surface area contributed by atoms with E-state index in [9.17, 15) is 0 Å². The smallest absolute Gasteiger partial charge is 0.260 e. The number of hydrogen-bond donors (Lipinski definition) is 0. The molecule has 2 aromatic heterocycles. The predicted molar refractivity (Wildman–Crippen MR) is 295 cm³/mol. The Labute approximate surface area is 412 Å². The van der Waals surface area contributed by atoms with Crippen molar-refractivity contribution >= 4 is 83.9 Å². The van der Waals surface area contributed by atoms with Gasteiger partial charge in [-0.2, -0.15) is 0 Å². The molecule has 348 valence electrons. The number of hydrogen-bond acceptors (Lipinski definition) is 4. The zero-order chi connectivity index (χ0) is 48.8. The lowest BCUT2D eigenvalue weighted by molar-refractivity contribution is 0.467. The second-order valence-electron chi connectivity index (χ2n) is 23.9. The van der Waals surface area contributed by atoms with Crippen LogP contribution in [-0.4, -0.2) is 11.3 Å². The standard InChI is InChI=1S/C64H61BN2O3/c1-61(2,3)38-20-26-42(27-21-38)66(43-28-22-39(23-29-43)62(4,5)6)44-30-31-48-56(36-44)68-54-18-15-19-55-58(54)65(48)49-37-52(60-57(59(49)70-55)45-16-13-14-17-53(45)69-60)67-50-32-24-40(63(7,8)9)34-46(50)47-35-41(64(10,11)12)25-33-51(47)67/h13-37H,1-12H3. The normalized spacial score (nSPS) is 13.6. The molecule has 5 nitrogen and oxygen atoms in total. The summed E-state index contributed by atoms with van der Waals surface area (Å²) in [6.07, 6.45) is 0. The number of furan rings is 1. The summed E-state index contributed by atoms with van der Waals surface area (Å²) < 4.78 is 23.7. The number of ether oxygens (including phenoxy) is 2. The maximum atomic E-state index is 7.16. The quantitative estimate of drug-likeness (QED) is 0.165. The first-order valence-corrected chi connectivity index (χ1v) is 24.9. The Bertz CT molecular complexity index is 3620. The molecular weight excluding hydrogens is 856 g/mol. The van der Waals surface area contributed by atoms with Crippen molar-refractivity contribution in [3.63, 3.8) is 0 Å². The first-order chi connectivity index (χ1) is 33.2.